The molecule has 1 fully saturated rings. The second-order valence-corrected chi connectivity index (χ2v) is 6.68. The molecular formula is C17H25N7O2. The molecule has 1 amide bonds. The third-order valence-electron chi connectivity index (χ3n) is 4.36. The van der Waals surface area contributed by atoms with E-state index in [1.807, 2.05) is 19.0 Å². The van der Waals surface area contributed by atoms with Crippen LogP contribution in [0, 0.1) is 13.8 Å². The van der Waals surface area contributed by atoms with E-state index >= 15 is 0 Å². The number of carbonyl (C=O) groups is 1. The van der Waals surface area contributed by atoms with Crippen molar-refractivity contribution in [3.05, 3.63) is 22.8 Å². The van der Waals surface area contributed by atoms with Gasteiger partial charge in [0.15, 0.2) is 5.82 Å². The molecule has 1 saturated heterocycles. The Hall–Kier alpha value is -2.71. The van der Waals surface area contributed by atoms with Crippen LogP contribution in [0.2, 0.25) is 0 Å². The van der Waals surface area contributed by atoms with E-state index in [1.54, 1.807) is 13.8 Å². The van der Waals surface area contributed by atoms with Crippen molar-refractivity contribution in [1.29, 1.82) is 0 Å². The molecular weight excluding hydrogens is 334 g/mol. The van der Waals surface area contributed by atoms with Crippen LogP contribution in [0.1, 0.15) is 46.9 Å². The normalized spacial score (nSPS) is 14.4. The number of carbonyl (C=O) groups excluding carboxylic acids is 1. The van der Waals surface area contributed by atoms with Gasteiger partial charge in [0.25, 0.3) is 5.91 Å². The van der Waals surface area contributed by atoms with E-state index in [4.69, 9.17) is 4.52 Å². The van der Waals surface area contributed by atoms with Gasteiger partial charge in [0.1, 0.15) is 11.3 Å². The molecule has 0 spiro atoms. The average molecular weight is 359 g/mol. The zero-order valence-corrected chi connectivity index (χ0v) is 15.7. The molecule has 3 rings (SSSR count). The zero-order chi connectivity index (χ0) is 18.7. The number of nitrogens with one attached hydrogen (secondary N) is 1. The van der Waals surface area contributed by atoms with Gasteiger partial charge < -0.3 is 19.6 Å². The Morgan fingerprint density at radius 3 is 2.50 bits per heavy atom. The Morgan fingerprint density at radius 2 is 1.88 bits per heavy atom. The van der Waals surface area contributed by atoms with Crippen molar-refractivity contribution >= 4 is 17.8 Å². The summed E-state index contributed by atoms with van der Waals surface area (Å²) in [5.41, 5.74) is 1.03. The number of aromatic nitrogens is 4. The van der Waals surface area contributed by atoms with Gasteiger partial charge in [0.05, 0.1) is 12.2 Å². The molecule has 0 aromatic carbocycles. The predicted octanol–water partition coefficient (Wildman–Crippen LogP) is 1.46. The molecule has 1 aliphatic rings. The van der Waals surface area contributed by atoms with Gasteiger partial charge >= 0.3 is 0 Å². The van der Waals surface area contributed by atoms with Gasteiger partial charge in [-0.1, -0.05) is 5.16 Å². The SMILES string of the molecule is Cc1noc(C)c1C(=O)NCc1nc(N(C)C)nc(N2CCCCC2)n1. The van der Waals surface area contributed by atoms with Crippen LogP contribution in [-0.4, -0.2) is 53.2 Å². The molecule has 0 saturated carbocycles. The summed E-state index contributed by atoms with van der Waals surface area (Å²) in [5.74, 6) is 2.04. The van der Waals surface area contributed by atoms with Crippen LogP contribution < -0.4 is 15.1 Å². The molecule has 0 unspecified atom stereocenters. The average Bonchev–Trinajstić information content (AvgIpc) is 2.98. The first-order chi connectivity index (χ1) is 12.5. The lowest BCUT2D eigenvalue weighted by Crippen LogP contribution is -2.33. The lowest BCUT2D eigenvalue weighted by atomic mass is 10.1. The van der Waals surface area contributed by atoms with E-state index in [1.165, 1.54) is 6.42 Å². The number of rotatable bonds is 5. The van der Waals surface area contributed by atoms with Gasteiger partial charge in [0, 0.05) is 27.2 Å². The molecule has 0 atom stereocenters. The summed E-state index contributed by atoms with van der Waals surface area (Å²) in [6, 6.07) is 0. The first-order valence-corrected chi connectivity index (χ1v) is 8.84. The van der Waals surface area contributed by atoms with Crippen LogP contribution in [0.3, 0.4) is 0 Å². The van der Waals surface area contributed by atoms with Crippen LogP contribution >= 0.6 is 0 Å². The van der Waals surface area contributed by atoms with Crippen LogP contribution in [-0.2, 0) is 6.54 Å². The fourth-order valence-corrected chi connectivity index (χ4v) is 2.96. The molecule has 1 aliphatic heterocycles. The maximum atomic E-state index is 12.4. The van der Waals surface area contributed by atoms with Crippen molar-refractivity contribution in [3.8, 4) is 0 Å². The fraction of sp³-hybridized carbons (Fsp3) is 0.588. The number of hydrogen-bond donors (Lipinski definition) is 1. The highest BCUT2D eigenvalue weighted by Gasteiger charge is 2.19. The van der Waals surface area contributed by atoms with Crippen molar-refractivity contribution < 1.29 is 9.32 Å². The van der Waals surface area contributed by atoms with Gasteiger partial charge in [-0.25, -0.2) is 0 Å². The minimum Gasteiger partial charge on any atom is -0.361 e. The Labute approximate surface area is 152 Å². The predicted molar refractivity (Wildman–Crippen MR) is 97.4 cm³/mol. The second kappa shape index (κ2) is 7.67. The molecule has 1 N–H and O–H groups in total. The minimum atomic E-state index is -0.243. The number of piperidine rings is 1. The Balaban J connectivity index is 1.78. The Morgan fingerprint density at radius 1 is 1.15 bits per heavy atom. The first-order valence-electron chi connectivity index (χ1n) is 8.84. The Bertz CT molecular complexity index is 762. The van der Waals surface area contributed by atoms with Gasteiger partial charge in [-0.2, -0.15) is 15.0 Å². The van der Waals surface area contributed by atoms with E-state index in [-0.39, 0.29) is 12.5 Å². The summed E-state index contributed by atoms with van der Waals surface area (Å²) in [4.78, 5) is 30.0. The third kappa shape index (κ3) is 3.92. The van der Waals surface area contributed by atoms with Crippen molar-refractivity contribution in [2.45, 2.75) is 39.7 Å². The van der Waals surface area contributed by atoms with Crippen molar-refractivity contribution in [1.82, 2.24) is 25.4 Å². The molecule has 0 bridgehead atoms. The summed E-state index contributed by atoms with van der Waals surface area (Å²) in [6.45, 7) is 5.57. The highest BCUT2D eigenvalue weighted by molar-refractivity contribution is 5.95. The summed E-state index contributed by atoms with van der Waals surface area (Å²) < 4.78 is 5.05. The number of amides is 1. The van der Waals surface area contributed by atoms with Crippen LogP contribution in [0.4, 0.5) is 11.9 Å². The number of nitrogens with zero attached hydrogens (tertiary/aromatic N) is 6. The van der Waals surface area contributed by atoms with Gasteiger partial charge in [0.2, 0.25) is 11.9 Å². The zero-order valence-electron chi connectivity index (χ0n) is 15.7. The van der Waals surface area contributed by atoms with E-state index < -0.39 is 0 Å². The molecule has 3 heterocycles. The maximum absolute atomic E-state index is 12.4. The number of hydrogen-bond acceptors (Lipinski definition) is 8. The molecule has 2 aromatic heterocycles. The monoisotopic (exact) mass is 359 g/mol. The highest BCUT2D eigenvalue weighted by Crippen LogP contribution is 2.18. The molecule has 9 heteroatoms. The van der Waals surface area contributed by atoms with Gasteiger partial charge in [-0.05, 0) is 33.1 Å². The molecule has 140 valence electrons. The van der Waals surface area contributed by atoms with Gasteiger partial charge in [-0.3, -0.25) is 4.79 Å². The van der Waals surface area contributed by atoms with Crippen molar-refractivity contribution in [2.75, 3.05) is 37.0 Å². The maximum Gasteiger partial charge on any atom is 0.257 e. The lowest BCUT2D eigenvalue weighted by molar-refractivity contribution is 0.0948. The van der Waals surface area contributed by atoms with Crippen LogP contribution in [0.25, 0.3) is 0 Å². The number of aryl methyl sites for hydroxylation is 2. The second-order valence-electron chi connectivity index (χ2n) is 6.68. The summed E-state index contributed by atoms with van der Waals surface area (Å²) in [6.07, 6.45) is 3.52. The Kier molecular flexibility index (Phi) is 5.34. The molecule has 26 heavy (non-hydrogen) atoms. The van der Waals surface area contributed by atoms with Crippen molar-refractivity contribution in [3.63, 3.8) is 0 Å². The fourth-order valence-electron chi connectivity index (χ4n) is 2.96. The molecule has 2 aromatic rings. The van der Waals surface area contributed by atoms with E-state index in [9.17, 15) is 4.79 Å². The van der Waals surface area contributed by atoms with Crippen molar-refractivity contribution in [2.24, 2.45) is 0 Å². The van der Waals surface area contributed by atoms with Gasteiger partial charge in [-0.15, -0.1) is 0 Å². The summed E-state index contributed by atoms with van der Waals surface area (Å²) in [5, 5.41) is 6.66. The quantitative estimate of drug-likeness (QED) is 0.856. The van der Waals surface area contributed by atoms with Crippen LogP contribution in [0.5, 0.6) is 0 Å². The molecule has 0 radical (unpaired) electrons. The van der Waals surface area contributed by atoms with Crippen LogP contribution in [0.15, 0.2) is 4.52 Å². The largest absolute Gasteiger partial charge is 0.361 e. The molecule has 0 aliphatic carbocycles. The molecule has 9 nitrogen and oxygen atoms in total. The first kappa shape index (κ1) is 18.1. The van der Waals surface area contributed by atoms with E-state index in [2.05, 4.69) is 30.3 Å². The standard InChI is InChI=1S/C17H25N7O2/c1-11-14(12(2)26-22-11)15(25)18-10-13-19-16(23(3)4)21-17(20-13)24-8-6-5-7-9-24/h5-10H2,1-4H3,(H,18,25). The smallest absolute Gasteiger partial charge is 0.257 e. The van der Waals surface area contributed by atoms with E-state index in [0.29, 0.717) is 34.7 Å². The highest BCUT2D eigenvalue weighted by atomic mass is 16.5. The third-order valence-corrected chi connectivity index (χ3v) is 4.36. The number of anilines is 2. The minimum absolute atomic E-state index is 0.215. The topological polar surface area (TPSA) is 100 Å². The summed E-state index contributed by atoms with van der Waals surface area (Å²) in [7, 11) is 3.78. The summed E-state index contributed by atoms with van der Waals surface area (Å²) >= 11 is 0. The van der Waals surface area contributed by atoms with E-state index in [0.717, 1.165) is 25.9 Å². The lowest BCUT2D eigenvalue weighted by Gasteiger charge is -2.27.